The fourth-order valence-electron chi connectivity index (χ4n) is 7.11. The van der Waals surface area contributed by atoms with E-state index in [0.29, 0.717) is 31.7 Å². The first-order valence-corrected chi connectivity index (χ1v) is 22.8. The molecule has 22 heteroatoms. The second-order valence-electron chi connectivity index (χ2n) is 14.0. The smallest absolute Gasteiger partial charge is 0.366 e. The first-order valence-electron chi connectivity index (χ1n) is 16.7. The van der Waals surface area contributed by atoms with Gasteiger partial charge < -0.3 is 29.2 Å². The topological polar surface area (TPSA) is 251 Å². The zero-order valence-electron chi connectivity index (χ0n) is 29.5. The Labute approximate surface area is 308 Å². The third kappa shape index (κ3) is 10.6. The summed E-state index contributed by atoms with van der Waals surface area (Å²) >= 11 is 0. The molecular formula is C31H44N4O14P2S2. The normalized spacial score (nSPS) is 24.9. The van der Waals surface area contributed by atoms with Crippen molar-refractivity contribution in [2.75, 3.05) is 39.8 Å². The van der Waals surface area contributed by atoms with Gasteiger partial charge in [-0.3, -0.25) is 0 Å². The van der Waals surface area contributed by atoms with E-state index in [0.717, 1.165) is 12.8 Å². The number of phosphoric ester groups is 2. The predicted octanol–water partition coefficient (Wildman–Crippen LogP) is 3.15. The Bertz CT molecular complexity index is 2050. The lowest BCUT2D eigenvalue weighted by Crippen LogP contribution is -2.43. The Hall–Kier alpha value is -2.58. The van der Waals surface area contributed by atoms with E-state index in [-0.39, 0.29) is 68.0 Å². The van der Waals surface area contributed by atoms with E-state index in [1.165, 1.54) is 45.0 Å². The van der Waals surface area contributed by atoms with Gasteiger partial charge in [0.05, 0.1) is 10.6 Å². The Morgan fingerprint density at radius 1 is 0.660 bits per heavy atom. The van der Waals surface area contributed by atoms with Gasteiger partial charge in [0.2, 0.25) is 33.6 Å². The summed E-state index contributed by atoms with van der Waals surface area (Å²) in [5.74, 6) is 0.185. The number of fused-ring (bicyclic) bond motifs is 2. The van der Waals surface area contributed by atoms with Crippen LogP contribution in [0.2, 0.25) is 0 Å². The van der Waals surface area contributed by atoms with Crippen molar-refractivity contribution in [3.8, 4) is 0 Å². The molecule has 3 aliphatic rings. The van der Waals surface area contributed by atoms with Crippen molar-refractivity contribution in [3.63, 3.8) is 0 Å². The summed E-state index contributed by atoms with van der Waals surface area (Å²) in [5, 5.41) is 8.16. The number of hydrogen-bond acceptors (Lipinski definition) is 12. The molecule has 2 aliphatic heterocycles. The molecule has 2 aromatic carbocycles. The van der Waals surface area contributed by atoms with Crippen LogP contribution in [-0.2, 0) is 53.7 Å². The van der Waals surface area contributed by atoms with E-state index in [1.54, 1.807) is 0 Å². The fourth-order valence-corrected chi connectivity index (χ4v) is 10.9. The van der Waals surface area contributed by atoms with E-state index in [9.17, 15) is 26.0 Å². The maximum Gasteiger partial charge on any atom is 0.472 e. The first kappa shape index (κ1) is 41.6. The molecule has 0 radical (unpaired) electrons. The molecule has 2 heterocycles. The highest BCUT2D eigenvalue weighted by Crippen LogP contribution is 2.38. The second kappa shape index (κ2) is 16.3. The second-order valence-corrected chi connectivity index (χ2v) is 20.4. The van der Waals surface area contributed by atoms with E-state index < -0.39 is 49.3 Å². The van der Waals surface area contributed by atoms with Gasteiger partial charge in [-0.2, -0.15) is 4.31 Å². The largest absolute Gasteiger partial charge is 0.472 e. The SMILES string of the molecule is CC1CC(C)CN(S(=O)(=O)Cc2ccc3c(c2)/C(=N/OCOP(=O)(O)O)c2ccc(S(=O)(=O)N4CC(C)CC(C)C4)cc2/C3=N/OCOP(=O)(O)O)C1. The number of hydrogen-bond donors (Lipinski definition) is 4. The molecular weight excluding hydrogens is 778 g/mol. The number of nitrogens with zero attached hydrogens (tertiary/aromatic N) is 4. The Balaban J connectivity index is 1.62. The molecule has 2 aromatic rings. The minimum atomic E-state index is -4.95. The molecule has 0 aromatic heterocycles. The molecule has 0 spiro atoms. The van der Waals surface area contributed by atoms with E-state index in [2.05, 4.69) is 19.4 Å². The number of sulfonamides is 2. The standard InChI is InChI=1S/C31H44N4O14P2S2/c1-20-9-21(2)14-34(13-20)52(42,43)17-24-5-7-26-28(11-24)30(32-46-18-48-50(36,37)38)27-8-6-25(53(44,45)35-15-22(3)10-23(4)16-35)12-29(27)31(26)33-47-19-49-51(39,40)41/h5-8,11-12,20-23H,9-10,13-19H2,1-4H3,(H2,36,37,38)(H2,39,40,41)/b32-30+,33-31+. The molecule has 0 bridgehead atoms. The fraction of sp³-hybridized carbons (Fsp3) is 0.548. The quantitative estimate of drug-likeness (QED) is 0.0837. The third-order valence-corrected chi connectivity index (χ3v) is 13.5. The van der Waals surface area contributed by atoms with Crippen LogP contribution < -0.4 is 0 Å². The van der Waals surface area contributed by atoms with Gasteiger partial charge in [0, 0.05) is 48.4 Å². The highest BCUT2D eigenvalue weighted by atomic mass is 32.2. The number of phosphoric acid groups is 2. The van der Waals surface area contributed by atoms with Gasteiger partial charge in [-0.1, -0.05) is 56.2 Å². The molecule has 4 unspecified atom stereocenters. The molecule has 18 nitrogen and oxygen atoms in total. The van der Waals surface area contributed by atoms with Gasteiger partial charge >= 0.3 is 15.6 Å². The monoisotopic (exact) mass is 822 g/mol. The van der Waals surface area contributed by atoms with Crippen LogP contribution in [0, 0.1) is 23.7 Å². The lowest BCUT2D eigenvalue weighted by atomic mass is 9.82. The molecule has 53 heavy (non-hydrogen) atoms. The third-order valence-electron chi connectivity index (χ3n) is 9.01. The van der Waals surface area contributed by atoms with Crippen molar-refractivity contribution >= 4 is 47.1 Å². The maximum absolute atomic E-state index is 14.0. The molecule has 5 rings (SSSR count). The van der Waals surface area contributed by atoms with E-state index >= 15 is 0 Å². The highest BCUT2D eigenvalue weighted by molar-refractivity contribution is 7.89. The van der Waals surface area contributed by atoms with Crippen molar-refractivity contribution < 1.29 is 64.3 Å². The predicted molar refractivity (Wildman–Crippen MR) is 191 cm³/mol. The first-order chi connectivity index (χ1) is 24.6. The number of oxime groups is 2. The van der Waals surface area contributed by atoms with Crippen LogP contribution in [0.3, 0.4) is 0 Å². The van der Waals surface area contributed by atoms with Crippen LogP contribution in [0.1, 0.15) is 68.4 Å². The van der Waals surface area contributed by atoms with Crippen LogP contribution in [0.25, 0.3) is 0 Å². The summed E-state index contributed by atoms with van der Waals surface area (Å²) in [4.78, 5) is 46.8. The zero-order chi connectivity index (χ0) is 38.9. The summed E-state index contributed by atoms with van der Waals surface area (Å²) in [6, 6.07) is 8.67. The summed E-state index contributed by atoms with van der Waals surface area (Å²) < 4.78 is 89.4. The van der Waals surface area contributed by atoms with Crippen molar-refractivity contribution in [1.82, 2.24) is 8.61 Å². The van der Waals surface area contributed by atoms with E-state index in [1.807, 2.05) is 27.7 Å². The zero-order valence-corrected chi connectivity index (χ0v) is 32.9. The minimum Gasteiger partial charge on any atom is -0.366 e. The molecule has 0 saturated carbocycles. The average Bonchev–Trinajstić information content (AvgIpc) is 3.03. The summed E-state index contributed by atoms with van der Waals surface area (Å²) in [6.07, 6.45) is 1.77. The molecule has 1 aliphatic carbocycles. The van der Waals surface area contributed by atoms with Gasteiger partial charge in [-0.25, -0.2) is 39.3 Å². The molecule has 4 N–H and O–H groups in total. The molecule has 294 valence electrons. The molecule has 4 atom stereocenters. The van der Waals surface area contributed by atoms with Crippen LogP contribution in [-0.4, -0.2) is 96.2 Å². The lowest BCUT2D eigenvalue weighted by Gasteiger charge is -2.34. The molecule has 2 saturated heterocycles. The van der Waals surface area contributed by atoms with Crippen LogP contribution in [0.5, 0.6) is 0 Å². The van der Waals surface area contributed by atoms with Crippen LogP contribution >= 0.6 is 15.6 Å². The van der Waals surface area contributed by atoms with Crippen molar-refractivity contribution in [3.05, 3.63) is 64.2 Å². The Kier molecular flexibility index (Phi) is 12.8. The van der Waals surface area contributed by atoms with Gasteiger partial charge in [-0.05, 0) is 60.3 Å². The van der Waals surface area contributed by atoms with Crippen LogP contribution in [0.4, 0.5) is 0 Å². The highest BCUT2D eigenvalue weighted by Gasteiger charge is 2.36. The number of benzene rings is 2. The van der Waals surface area contributed by atoms with E-state index in [4.69, 9.17) is 29.2 Å². The van der Waals surface area contributed by atoms with Gasteiger partial charge in [-0.15, -0.1) is 0 Å². The summed E-state index contributed by atoms with van der Waals surface area (Å²) in [5.41, 5.74) is 1.11. The maximum atomic E-state index is 14.0. The van der Waals surface area contributed by atoms with Gasteiger partial charge in [0.15, 0.2) is 0 Å². The number of rotatable bonds is 13. The average molecular weight is 823 g/mol. The van der Waals surface area contributed by atoms with Gasteiger partial charge in [0.1, 0.15) is 11.4 Å². The Morgan fingerprint density at radius 2 is 1.09 bits per heavy atom. The lowest BCUT2D eigenvalue weighted by molar-refractivity contribution is 0.000325. The molecule has 2 fully saturated rings. The van der Waals surface area contributed by atoms with Crippen molar-refractivity contribution in [2.45, 2.75) is 51.2 Å². The minimum absolute atomic E-state index is 0.0124. The van der Waals surface area contributed by atoms with Crippen molar-refractivity contribution in [2.24, 2.45) is 34.0 Å². The van der Waals surface area contributed by atoms with Gasteiger partial charge in [0.25, 0.3) is 0 Å². The Morgan fingerprint density at radius 3 is 1.57 bits per heavy atom. The number of piperidine rings is 2. The van der Waals surface area contributed by atoms with Crippen LogP contribution in [0.15, 0.2) is 51.6 Å². The summed E-state index contributed by atoms with van der Waals surface area (Å²) in [7, 11) is -17.7. The molecule has 0 amide bonds. The summed E-state index contributed by atoms with van der Waals surface area (Å²) in [6.45, 7) is 7.32. The van der Waals surface area contributed by atoms with Crippen molar-refractivity contribution in [1.29, 1.82) is 0 Å².